The van der Waals surface area contributed by atoms with E-state index in [2.05, 4.69) is 19.8 Å². The van der Waals surface area contributed by atoms with Crippen LogP contribution in [0.3, 0.4) is 0 Å². The van der Waals surface area contributed by atoms with E-state index in [4.69, 9.17) is 0 Å². The summed E-state index contributed by atoms with van der Waals surface area (Å²) in [5, 5.41) is 3.60. The molecule has 9 nitrogen and oxygen atoms in total. The van der Waals surface area contributed by atoms with Crippen LogP contribution < -0.4 is 4.31 Å². The fourth-order valence-electron chi connectivity index (χ4n) is 4.80. The monoisotopic (exact) mass is 602 g/mol. The summed E-state index contributed by atoms with van der Waals surface area (Å²) in [6, 6.07) is 10.9. The zero-order chi connectivity index (χ0) is 27.7. The predicted molar refractivity (Wildman–Crippen MR) is 166 cm³/mol. The molecule has 4 heterocycles. The van der Waals surface area contributed by atoms with Crippen LogP contribution in [-0.4, -0.2) is 91.9 Å². The Balaban J connectivity index is 0.00000370. The number of aromatic amines is 1. The van der Waals surface area contributed by atoms with Gasteiger partial charge in [0, 0.05) is 69.3 Å². The number of carbonyl (C=O) groups excluding carboxylic acids is 1. The molecule has 1 saturated heterocycles. The number of thiazole rings is 1. The number of sulfonamides is 1. The molecule has 3 aromatic heterocycles. The lowest BCUT2D eigenvalue weighted by molar-refractivity contribution is -0.130. The summed E-state index contributed by atoms with van der Waals surface area (Å²) in [4.78, 5) is 27.6. The van der Waals surface area contributed by atoms with E-state index < -0.39 is 10.0 Å². The summed E-state index contributed by atoms with van der Waals surface area (Å²) in [5.41, 5.74) is 2.28. The second kappa shape index (κ2) is 12.4. The Morgan fingerprint density at radius 2 is 1.82 bits per heavy atom. The number of thiophene rings is 1. The number of amides is 1. The highest BCUT2D eigenvalue weighted by Crippen LogP contribution is 2.36. The van der Waals surface area contributed by atoms with Crippen LogP contribution in [0, 0.1) is 0 Å². The van der Waals surface area contributed by atoms with E-state index in [1.54, 1.807) is 47.8 Å². The van der Waals surface area contributed by atoms with Crippen molar-refractivity contribution in [3.05, 3.63) is 52.9 Å². The number of benzene rings is 1. The molecule has 0 atom stereocenters. The molecular formula is C28H38N6O3S3. The number of carbonyl (C=O) groups is 1. The average molecular weight is 603 g/mol. The quantitative estimate of drug-likeness (QED) is 0.296. The molecule has 1 aliphatic rings. The molecule has 216 valence electrons. The third-order valence-corrected chi connectivity index (χ3v) is 11.2. The van der Waals surface area contributed by atoms with Gasteiger partial charge in [0.15, 0.2) is 0 Å². The lowest BCUT2D eigenvalue weighted by atomic mass is 10.2. The van der Waals surface area contributed by atoms with Gasteiger partial charge in [0.25, 0.3) is 10.0 Å². The molecule has 5 rings (SSSR count). The smallest absolute Gasteiger partial charge is 0.274 e. The van der Waals surface area contributed by atoms with Crippen LogP contribution >= 0.6 is 22.7 Å². The maximum atomic E-state index is 13.5. The van der Waals surface area contributed by atoms with E-state index in [-0.39, 0.29) is 19.4 Å². The number of rotatable bonds is 9. The van der Waals surface area contributed by atoms with Gasteiger partial charge in [-0.15, -0.1) is 22.7 Å². The summed E-state index contributed by atoms with van der Waals surface area (Å²) < 4.78 is 28.9. The molecule has 1 aromatic carbocycles. The first-order chi connectivity index (χ1) is 18.6. The van der Waals surface area contributed by atoms with Crippen LogP contribution in [0.5, 0.6) is 0 Å². The van der Waals surface area contributed by atoms with Crippen LogP contribution in [0.2, 0.25) is 0 Å². The maximum absolute atomic E-state index is 13.5. The molecule has 0 saturated carbocycles. The van der Waals surface area contributed by atoms with Crippen molar-refractivity contribution in [1.82, 2.24) is 24.7 Å². The van der Waals surface area contributed by atoms with Crippen LogP contribution in [0.1, 0.15) is 26.2 Å². The average Bonchev–Trinajstić information content (AvgIpc) is 3.66. The van der Waals surface area contributed by atoms with Crippen molar-refractivity contribution < 1.29 is 13.2 Å². The Hall–Kier alpha value is -2.77. The second-order valence-corrected chi connectivity index (χ2v) is 14.3. The zero-order valence-electron chi connectivity index (χ0n) is 22.6. The van der Waals surface area contributed by atoms with Crippen molar-refractivity contribution in [2.45, 2.75) is 38.1 Å². The molecule has 4 aromatic rings. The van der Waals surface area contributed by atoms with E-state index in [1.807, 2.05) is 44.3 Å². The van der Waals surface area contributed by atoms with E-state index in [1.165, 1.54) is 20.5 Å². The fourth-order valence-corrected chi connectivity index (χ4v) is 8.47. The Morgan fingerprint density at radius 1 is 1.10 bits per heavy atom. The number of hydrogen-bond acceptors (Lipinski definition) is 8. The minimum absolute atomic E-state index is 0. The number of nitrogens with zero attached hydrogens (tertiary/aromatic N) is 5. The first-order valence-electron chi connectivity index (χ1n) is 12.9. The minimum Gasteiger partial charge on any atom is -0.351 e. The summed E-state index contributed by atoms with van der Waals surface area (Å²) in [6.07, 6.45) is 1.93. The van der Waals surface area contributed by atoms with Gasteiger partial charge < -0.3 is 9.88 Å². The third-order valence-electron chi connectivity index (χ3n) is 6.83. The van der Waals surface area contributed by atoms with Crippen LogP contribution in [0.4, 0.5) is 5.69 Å². The largest absolute Gasteiger partial charge is 0.351 e. The van der Waals surface area contributed by atoms with Gasteiger partial charge in [-0.25, -0.2) is 13.4 Å². The lowest BCUT2D eigenvalue weighted by Crippen LogP contribution is -2.48. The highest BCUT2D eigenvalue weighted by molar-refractivity contribution is 7.94. The van der Waals surface area contributed by atoms with Crippen molar-refractivity contribution >= 4 is 55.2 Å². The standard InChI is InChI=1S/C27H34N6O3S3.CH4/c1-19(2)33(39(35,36)25-9-6-14-37-25)23-8-5-7-20-15-22(29-26(20)23)27-28-16-21(38-27)17-31-10-12-32(13-11-31)18-24(34)30(3)4;/h5-9,14-16,19,29H,10-13,17-18H2,1-4H3;1H4. The molecule has 0 bridgehead atoms. The van der Waals surface area contributed by atoms with Gasteiger partial charge in [-0.2, -0.15) is 0 Å². The number of aromatic nitrogens is 2. The lowest BCUT2D eigenvalue weighted by Gasteiger charge is -2.34. The minimum atomic E-state index is -3.70. The Morgan fingerprint density at radius 3 is 2.48 bits per heavy atom. The van der Waals surface area contributed by atoms with Crippen LogP contribution in [0.15, 0.2) is 52.2 Å². The summed E-state index contributed by atoms with van der Waals surface area (Å²) in [6.45, 7) is 8.63. The molecule has 1 amide bonds. The topological polar surface area (TPSA) is 92.8 Å². The second-order valence-electron chi connectivity index (χ2n) is 10.2. The summed E-state index contributed by atoms with van der Waals surface area (Å²) in [7, 11) is -0.110. The summed E-state index contributed by atoms with van der Waals surface area (Å²) in [5.74, 6) is 0.137. The molecule has 0 radical (unpaired) electrons. The van der Waals surface area contributed by atoms with Gasteiger partial charge in [0.05, 0.1) is 23.4 Å². The fraction of sp³-hybridized carbons (Fsp3) is 0.429. The number of piperazine rings is 1. The van der Waals surface area contributed by atoms with E-state index in [9.17, 15) is 13.2 Å². The number of anilines is 1. The highest BCUT2D eigenvalue weighted by atomic mass is 32.2. The molecule has 1 fully saturated rings. The van der Waals surface area contributed by atoms with Crippen molar-refractivity contribution in [3.8, 4) is 10.7 Å². The predicted octanol–water partition coefficient (Wildman–Crippen LogP) is 4.80. The molecule has 1 N–H and O–H groups in total. The van der Waals surface area contributed by atoms with E-state index in [0.29, 0.717) is 16.4 Å². The number of para-hydroxylation sites is 1. The zero-order valence-corrected chi connectivity index (χ0v) is 25.1. The van der Waals surface area contributed by atoms with Crippen molar-refractivity contribution in [1.29, 1.82) is 0 Å². The Labute approximate surface area is 245 Å². The molecule has 12 heteroatoms. The molecule has 40 heavy (non-hydrogen) atoms. The Bertz CT molecular complexity index is 1530. The first-order valence-corrected chi connectivity index (χ1v) is 16.1. The van der Waals surface area contributed by atoms with Crippen LogP contribution in [-0.2, 0) is 21.4 Å². The van der Waals surface area contributed by atoms with Gasteiger partial charge in [0.1, 0.15) is 9.22 Å². The van der Waals surface area contributed by atoms with Gasteiger partial charge in [-0.3, -0.25) is 18.9 Å². The van der Waals surface area contributed by atoms with E-state index in [0.717, 1.165) is 54.3 Å². The molecule has 0 spiro atoms. The number of likely N-dealkylation sites (N-methyl/N-ethyl adjacent to an activating group) is 1. The SMILES string of the molecule is C.CC(C)N(c1cccc2cc(-c3ncc(CN4CCN(CC(=O)N(C)C)CC4)s3)[nH]c12)S(=O)(=O)c1cccs1. The van der Waals surface area contributed by atoms with Crippen molar-refractivity contribution in [3.63, 3.8) is 0 Å². The summed E-state index contributed by atoms with van der Waals surface area (Å²) >= 11 is 2.87. The van der Waals surface area contributed by atoms with Gasteiger partial charge in [-0.1, -0.05) is 25.6 Å². The Kier molecular flexibility index (Phi) is 9.36. The normalized spacial score (nSPS) is 14.9. The third kappa shape index (κ3) is 6.26. The van der Waals surface area contributed by atoms with Crippen LogP contribution in [0.25, 0.3) is 21.6 Å². The van der Waals surface area contributed by atoms with Crippen molar-refractivity contribution in [2.75, 3.05) is 51.1 Å². The molecule has 0 aliphatic carbocycles. The van der Waals surface area contributed by atoms with Gasteiger partial charge in [-0.05, 0) is 37.4 Å². The van der Waals surface area contributed by atoms with Gasteiger partial charge in [0.2, 0.25) is 5.91 Å². The van der Waals surface area contributed by atoms with Gasteiger partial charge >= 0.3 is 0 Å². The highest BCUT2D eigenvalue weighted by Gasteiger charge is 2.30. The van der Waals surface area contributed by atoms with E-state index >= 15 is 0 Å². The number of hydrogen-bond donors (Lipinski definition) is 1. The molecule has 0 unspecified atom stereocenters. The first kappa shape index (κ1) is 30.2. The maximum Gasteiger partial charge on any atom is 0.274 e. The molecular weight excluding hydrogens is 565 g/mol. The van der Waals surface area contributed by atoms with Crippen molar-refractivity contribution in [2.24, 2.45) is 0 Å². The number of H-pyrrole nitrogens is 1. The molecule has 1 aliphatic heterocycles. The number of fused-ring (bicyclic) bond motifs is 1. The number of nitrogens with one attached hydrogen (secondary N) is 1.